The van der Waals surface area contributed by atoms with E-state index in [2.05, 4.69) is 205 Å². The molecule has 0 bridgehead atoms. The third kappa shape index (κ3) is 5.40. The molecule has 0 aliphatic carbocycles. The minimum Gasteiger partial charge on any atom is -0.455 e. The number of thiophene rings is 1. The van der Waals surface area contributed by atoms with Crippen LogP contribution in [-0.4, -0.2) is 0 Å². The minimum atomic E-state index is 0.890. The Labute approximate surface area is 322 Å². The molecular weight excluding hydrogens is 687 g/mol. The zero-order chi connectivity index (χ0) is 36.3. The smallest absolute Gasteiger partial charge is 0.143 e. The lowest BCUT2D eigenvalue weighted by Gasteiger charge is -2.26. The molecule has 258 valence electrons. The molecule has 11 aromatic rings. The van der Waals surface area contributed by atoms with Crippen molar-refractivity contribution in [2.45, 2.75) is 0 Å². The Morgan fingerprint density at radius 3 is 1.80 bits per heavy atom. The largest absolute Gasteiger partial charge is 0.455 e. The van der Waals surface area contributed by atoms with E-state index in [1.807, 2.05) is 11.3 Å². The van der Waals surface area contributed by atoms with Crippen molar-refractivity contribution < 1.29 is 4.42 Å². The SMILES string of the molecule is c1ccc(-c2cccc(N(c3ccc(-c4ccc5c(c4)oc4c(-c6ccccc6)cc6ccccc6c45)cc3)c3ccc4c(c3)sc3ccccc34)c2)cc1. The predicted octanol–water partition coefficient (Wildman–Crippen LogP) is 15.6. The zero-order valence-electron chi connectivity index (χ0n) is 29.8. The first-order valence-electron chi connectivity index (χ1n) is 18.7. The lowest BCUT2D eigenvalue weighted by molar-refractivity contribution is 0.670. The van der Waals surface area contributed by atoms with Gasteiger partial charge < -0.3 is 9.32 Å². The highest BCUT2D eigenvalue weighted by molar-refractivity contribution is 7.25. The summed E-state index contributed by atoms with van der Waals surface area (Å²) in [5.41, 5.74) is 12.1. The van der Waals surface area contributed by atoms with Gasteiger partial charge in [0.15, 0.2) is 0 Å². The molecule has 0 unspecified atom stereocenters. The molecular formula is C52H33NOS. The molecule has 0 amide bonds. The Bertz CT molecular complexity index is 3190. The molecule has 0 radical (unpaired) electrons. The highest BCUT2D eigenvalue weighted by atomic mass is 32.1. The highest BCUT2D eigenvalue weighted by Gasteiger charge is 2.19. The number of hydrogen-bond donors (Lipinski definition) is 0. The second-order valence-electron chi connectivity index (χ2n) is 14.1. The third-order valence-corrected chi connectivity index (χ3v) is 12.0. The topological polar surface area (TPSA) is 16.4 Å². The van der Waals surface area contributed by atoms with Crippen LogP contribution in [-0.2, 0) is 0 Å². The summed E-state index contributed by atoms with van der Waals surface area (Å²) in [4.78, 5) is 2.37. The second-order valence-corrected chi connectivity index (χ2v) is 15.2. The van der Waals surface area contributed by atoms with Crippen molar-refractivity contribution in [2.75, 3.05) is 4.90 Å². The summed E-state index contributed by atoms with van der Waals surface area (Å²) in [6.45, 7) is 0. The average Bonchev–Trinajstić information content (AvgIpc) is 3.83. The number of furan rings is 1. The minimum absolute atomic E-state index is 0.890. The van der Waals surface area contributed by atoms with E-state index in [0.29, 0.717) is 0 Å². The Balaban J connectivity index is 1.03. The highest BCUT2D eigenvalue weighted by Crippen LogP contribution is 2.44. The quantitative estimate of drug-likeness (QED) is 0.170. The molecule has 0 N–H and O–H groups in total. The van der Waals surface area contributed by atoms with E-state index >= 15 is 0 Å². The molecule has 2 heterocycles. The van der Waals surface area contributed by atoms with Gasteiger partial charge in [-0.2, -0.15) is 0 Å². The molecule has 0 aliphatic heterocycles. The van der Waals surface area contributed by atoms with Crippen molar-refractivity contribution in [2.24, 2.45) is 0 Å². The van der Waals surface area contributed by atoms with Gasteiger partial charge in [-0.25, -0.2) is 0 Å². The van der Waals surface area contributed by atoms with Crippen LogP contribution >= 0.6 is 11.3 Å². The first kappa shape index (κ1) is 31.6. The van der Waals surface area contributed by atoms with Crippen molar-refractivity contribution in [3.63, 3.8) is 0 Å². The lowest BCUT2D eigenvalue weighted by Crippen LogP contribution is -2.09. The van der Waals surface area contributed by atoms with Gasteiger partial charge in [0, 0.05) is 53.6 Å². The molecule has 0 saturated carbocycles. The summed E-state index contributed by atoms with van der Waals surface area (Å²) in [5.74, 6) is 0. The van der Waals surface area contributed by atoms with Gasteiger partial charge in [-0.1, -0.05) is 140 Å². The average molecular weight is 720 g/mol. The molecule has 55 heavy (non-hydrogen) atoms. The first-order valence-corrected chi connectivity index (χ1v) is 19.5. The maximum atomic E-state index is 6.78. The van der Waals surface area contributed by atoms with E-state index in [1.54, 1.807) is 0 Å². The fraction of sp³-hybridized carbons (Fsp3) is 0. The van der Waals surface area contributed by atoms with Crippen molar-refractivity contribution >= 4 is 81.3 Å². The van der Waals surface area contributed by atoms with Crippen molar-refractivity contribution in [3.8, 4) is 33.4 Å². The zero-order valence-corrected chi connectivity index (χ0v) is 30.6. The molecule has 0 fully saturated rings. The number of benzene rings is 9. The first-order chi connectivity index (χ1) is 27.2. The molecule has 2 nitrogen and oxygen atoms in total. The van der Waals surface area contributed by atoms with Crippen LogP contribution in [0.4, 0.5) is 17.1 Å². The molecule has 0 atom stereocenters. The maximum absolute atomic E-state index is 6.78. The van der Waals surface area contributed by atoms with Crippen LogP contribution in [0.25, 0.3) is 86.3 Å². The number of anilines is 3. The Hall–Kier alpha value is -6.94. The normalized spacial score (nSPS) is 11.6. The van der Waals surface area contributed by atoms with Gasteiger partial charge in [0.2, 0.25) is 0 Å². The summed E-state index contributed by atoms with van der Waals surface area (Å²) in [6, 6.07) is 72.0. The number of hydrogen-bond acceptors (Lipinski definition) is 3. The number of fused-ring (bicyclic) bond motifs is 8. The van der Waals surface area contributed by atoms with E-state index in [-0.39, 0.29) is 0 Å². The van der Waals surface area contributed by atoms with Crippen molar-refractivity contribution in [3.05, 3.63) is 200 Å². The van der Waals surface area contributed by atoms with E-state index < -0.39 is 0 Å². The van der Waals surface area contributed by atoms with Gasteiger partial charge in [-0.15, -0.1) is 11.3 Å². The van der Waals surface area contributed by atoms with E-state index in [0.717, 1.165) is 61.3 Å². The number of nitrogens with zero attached hydrogens (tertiary/aromatic N) is 1. The summed E-state index contributed by atoms with van der Waals surface area (Å²) in [5, 5.41) is 7.31. The molecule has 9 aromatic carbocycles. The van der Waals surface area contributed by atoms with E-state index in [1.165, 1.54) is 42.1 Å². The van der Waals surface area contributed by atoms with Crippen molar-refractivity contribution in [1.82, 2.24) is 0 Å². The monoisotopic (exact) mass is 719 g/mol. The molecule has 0 saturated heterocycles. The van der Waals surface area contributed by atoms with Crippen LogP contribution in [0.15, 0.2) is 205 Å². The third-order valence-electron chi connectivity index (χ3n) is 10.8. The summed E-state index contributed by atoms with van der Waals surface area (Å²) in [6.07, 6.45) is 0. The van der Waals surface area contributed by atoms with Crippen molar-refractivity contribution in [1.29, 1.82) is 0 Å². The summed E-state index contributed by atoms with van der Waals surface area (Å²) < 4.78 is 9.37. The van der Waals surface area contributed by atoms with Gasteiger partial charge in [0.1, 0.15) is 11.2 Å². The second kappa shape index (κ2) is 12.9. The van der Waals surface area contributed by atoms with Crippen LogP contribution < -0.4 is 4.90 Å². The fourth-order valence-electron chi connectivity index (χ4n) is 8.20. The van der Waals surface area contributed by atoms with Gasteiger partial charge in [0.25, 0.3) is 0 Å². The molecule has 0 spiro atoms. The van der Waals surface area contributed by atoms with Crippen LogP contribution in [0.3, 0.4) is 0 Å². The van der Waals surface area contributed by atoms with E-state index in [9.17, 15) is 0 Å². The Morgan fingerprint density at radius 2 is 0.964 bits per heavy atom. The molecule has 11 rings (SSSR count). The Kier molecular flexibility index (Phi) is 7.39. The van der Waals surface area contributed by atoms with E-state index in [4.69, 9.17) is 4.42 Å². The maximum Gasteiger partial charge on any atom is 0.143 e. The fourth-order valence-corrected chi connectivity index (χ4v) is 9.34. The van der Waals surface area contributed by atoms with Crippen LogP contribution in [0.1, 0.15) is 0 Å². The van der Waals surface area contributed by atoms with Gasteiger partial charge in [-0.05, 0) is 99.3 Å². The summed E-state index contributed by atoms with van der Waals surface area (Å²) >= 11 is 1.85. The van der Waals surface area contributed by atoms with Gasteiger partial charge >= 0.3 is 0 Å². The molecule has 2 aromatic heterocycles. The standard InChI is InChI=1S/C52H33NOS/c1-3-12-34(13-4-1)37-17-11-18-41(30-37)53(42-27-29-45-44-20-9-10-21-49(44)55-50(45)33-42)40-25-22-35(23-26-40)38-24-28-46-48(32-38)54-52-47(36-14-5-2-6-15-36)31-39-16-7-8-19-43(39)51(46)52/h1-33H. The summed E-state index contributed by atoms with van der Waals surface area (Å²) in [7, 11) is 0. The van der Waals surface area contributed by atoms with Crippen LogP contribution in [0.5, 0.6) is 0 Å². The Morgan fingerprint density at radius 1 is 0.364 bits per heavy atom. The molecule has 3 heteroatoms. The van der Waals surface area contributed by atoms with Gasteiger partial charge in [-0.3, -0.25) is 0 Å². The van der Waals surface area contributed by atoms with Crippen LogP contribution in [0, 0.1) is 0 Å². The molecule has 0 aliphatic rings. The van der Waals surface area contributed by atoms with Crippen LogP contribution in [0.2, 0.25) is 0 Å². The predicted molar refractivity (Wildman–Crippen MR) is 235 cm³/mol. The number of rotatable bonds is 6. The lowest BCUT2D eigenvalue weighted by atomic mass is 9.96. The van der Waals surface area contributed by atoms with Gasteiger partial charge in [0.05, 0.1) is 0 Å².